The topological polar surface area (TPSA) is 76.3 Å². The van der Waals surface area contributed by atoms with Gasteiger partial charge < -0.3 is 10.6 Å². The van der Waals surface area contributed by atoms with Gasteiger partial charge in [0.25, 0.3) is 5.91 Å². The Kier molecular flexibility index (Phi) is 3.65. The molecule has 1 saturated heterocycles. The van der Waals surface area contributed by atoms with E-state index in [1.54, 1.807) is 0 Å². The molecule has 2 rings (SSSR count). The molecule has 0 saturated carbocycles. The summed E-state index contributed by atoms with van der Waals surface area (Å²) < 4.78 is 0. The Bertz CT molecular complexity index is 470. The second kappa shape index (κ2) is 5.06. The lowest BCUT2D eigenvalue weighted by Crippen LogP contribution is -2.31. The molecule has 0 aromatic carbocycles. The highest BCUT2D eigenvalue weighted by atomic mass is 32.1. The molecule has 98 valence electrons. The minimum Gasteiger partial charge on any atom is -0.365 e. The van der Waals surface area contributed by atoms with Crippen molar-refractivity contribution in [2.75, 3.05) is 13.1 Å². The summed E-state index contributed by atoms with van der Waals surface area (Å²) in [6.07, 6.45) is 2.43. The van der Waals surface area contributed by atoms with E-state index >= 15 is 0 Å². The van der Waals surface area contributed by atoms with E-state index in [1.807, 2.05) is 18.7 Å². The monoisotopic (exact) mass is 267 g/mol. The number of likely N-dealkylation sites (tertiary alicyclic amines) is 1. The lowest BCUT2D eigenvalue weighted by atomic mass is 10.1. The minimum absolute atomic E-state index is 0.0289. The maximum absolute atomic E-state index is 11.9. The largest absolute Gasteiger partial charge is 0.365 e. The van der Waals surface area contributed by atoms with Crippen molar-refractivity contribution in [3.05, 3.63) is 16.1 Å². The molecule has 0 bridgehead atoms. The van der Waals surface area contributed by atoms with Crippen LogP contribution in [0.4, 0.5) is 0 Å². The van der Waals surface area contributed by atoms with E-state index in [2.05, 4.69) is 4.98 Å². The smallest absolute Gasteiger partial charge is 0.260 e. The zero-order valence-corrected chi connectivity index (χ0v) is 11.4. The SMILES string of the molecule is CC(C)C(=O)N1CCC(c2ncc(C(N)=O)s2)C1. The van der Waals surface area contributed by atoms with Gasteiger partial charge in [-0.05, 0) is 6.42 Å². The Balaban J connectivity index is 2.04. The van der Waals surface area contributed by atoms with E-state index in [0.717, 1.165) is 18.0 Å². The predicted octanol–water partition coefficient (Wildman–Crippen LogP) is 1.21. The van der Waals surface area contributed by atoms with E-state index in [0.29, 0.717) is 11.4 Å². The van der Waals surface area contributed by atoms with Gasteiger partial charge in [-0.3, -0.25) is 9.59 Å². The molecule has 1 aromatic heterocycles. The summed E-state index contributed by atoms with van der Waals surface area (Å²) in [5.41, 5.74) is 5.21. The minimum atomic E-state index is -0.438. The van der Waals surface area contributed by atoms with Gasteiger partial charge in [0.2, 0.25) is 5.91 Å². The second-order valence-corrected chi connectivity index (χ2v) is 5.91. The van der Waals surface area contributed by atoms with Crippen molar-refractivity contribution in [3.63, 3.8) is 0 Å². The Labute approximate surface area is 110 Å². The van der Waals surface area contributed by atoms with Crippen molar-refractivity contribution in [2.45, 2.75) is 26.2 Å². The van der Waals surface area contributed by atoms with E-state index in [4.69, 9.17) is 5.73 Å². The third-order valence-electron chi connectivity index (χ3n) is 3.11. The first-order valence-electron chi connectivity index (χ1n) is 6.03. The van der Waals surface area contributed by atoms with Gasteiger partial charge in [0.05, 0.1) is 11.2 Å². The summed E-state index contributed by atoms with van der Waals surface area (Å²) in [5, 5.41) is 0.905. The fourth-order valence-corrected chi connectivity index (χ4v) is 3.01. The molecule has 1 atom stereocenters. The van der Waals surface area contributed by atoms with Gasteiger partial charge in [0.1, 0.15) is 4.88 Å². The van der Waals surface area contributed by atoms with Gasteiger partial charge >= 0.3 is 0 Å². The number of carbonyl (C=O) groups is 2. The van der Waals surface area contributed by atoms with Crippen LogP contribution in [-0.4, -0.2) is 34.8 Å². The number of carbonyl (C=O) groups excluding carboxylic acids is 2. The number of hydrogen-bond acceptors (Lipinski definition) is 4. The van der Waals surface area contributed by atoms with Gasteiger partial charge in [-0.1, -0.05) is 13.8 Å². The molecule has 1 aliphatic heterocycles. The molecule has 1 aliphatic rings. The van der Waals surface area contributed by atoms with Crippen LogP contribution in [0.15, 0.2) is 6.20 Å². The van der Waals surface area contributed by atoms with E-state index in [9.17, 15) is 9.59 Å². The Morgan fingerprint density at radius 2 is 2.28 bits per heavy atom. The number of nitrogens with two attached hydrogens (primary N) is 1. The van der Waals surface area contributed by atoms with Gasteiger partial charge in [-0.15, -0.1) is 11.3 Å². The molecular weight excluding hydrogens is 250 g/mol. The first-order chi connectivity index (χ1) is 8.49. The molecule has 1 aromatic rings. The molecule has 1 fully saturated rings. The Hall–Kier alpha value is -1.43. The molecule has 1 unspecified atom stereocenters. The molecule has 18 heavy (non-hydrogen) atoms. The van der Waals surface area contributed by atoms with Crippen molar-refractivity contribution in [1.82, 2.24) is 9.88 Å². The quantitative estimate of drug-likeness (QED) is 0.894. The fraction of sp³-hybridized carbons (Fsp3) is 0.583. The lowest BCUT2D eigenvalue weighted by Gasteiger charge is -2.18. The van der Waals surface area contributed by atoms with Crippen molar-refractivity contribution in [2.24, 2.45) is 11.7 Å². The van der Waals surface area contributed by atoms with Crippen LogP contribution in [-0.2, 0) is 4.79 Å². The summed E-state index contributed by atoms with van der Waals surface area (Å²) in [6.45, 7) is 5.28. The number of amides is 2. The summed E-state index contributed by atoms with van der Waals surface area (Å²) in [5.74, 6) is 0.0167. The normalized spacial score (nSPS) is 19.5. The molecule has 2 N–H and O–H groups in total. The first-order valence-corrected chi connectivity index (χ1v) is 6.85. The van der Waals surface area contributed by atoms with Crippen LogP contribution in [0.1, 0.15) is 40.9 Å². The number of aromatic nitrogens is 1. The standard InChI is InChI=1S/C12H17N3O2S/c1-7(2)12(17)15-4-3-8(6-15)11-14-5-9(18-11)10(13)16/h5,7-8H,3-4,6H2,1-2H3,(H2,13,16). The second-order valence-electron chi connectivity index (χ2n) is 4.85. The number of nitrogens with zero attached hydrogens (tertiary/aromatic N) is 2. The highest BCUT2D eigenvalue weighted by Gasteiger charge is 2.30. The molecule has 6 heteroatoms. The maximum Gasteiger partial charge on any atom is 0.260 e. The van der Waals surface area contributed by atoms with Crippen LogP contribution in [0, 0.1) is 5.92 Å². The summed E-state index contributed by atoms with van der Waals surface area (Å²) in [4.78, 5) is 29.5. The maximum atomic E-state index is 11.9. The van der Waals surface area contributed by atoms with E-state index < -0.39 is 5.91 Å². The average Bonchev–Trinajstić information content (AvgIpc) is 2.96. The molecule has 0 aliphatic carbocycles. The predicted molar refractivity (Wildman–Crippen MR) is 69.4 cm³/mol. The number of thiazole rings is 1. The zero-order valence-electron chi connectivity index (χ0n) is 10.5. The number of primary amides is 1. The van der Waals surface area contributed by atoms with E-state index in [-0.39, 0.29) is 17.7 Å². The van der Waals surface area contributed by atoms with Crippen LogP contribution in [0.2, 0.25) is 0 Å². The van der Waals surface area contributed by atoms with Gasteiger partial charge in [-0.2, -0.15) is 0 Å². The lowest BCUT2D eigenvalue weighted by molar-refractivity contribution is -0.133. The average molecular weight is 267 g/mol. The van der Waals surface area contributed by atoms with Crippen LogP contribution in [0.5, 0.6) is 0 Å². The fourth-order valence-electron chi connectivity index (χ4n) is 2.12. The molecule has 2 heterocycles. The highest BCUT2D eigenvalue weighted by Crippen LogP contribution is 2.30. The summed E-state index contributed by atoms with van der Waals surface area (Å²) >= 11 is 1.34. The number of rotatable bonds is 3. The highest BCUT2D eigenvalue weighted by molar-refractivity contribution is 7.13. The van der Waals surface area contributed by atoms with Crippen molar-refractivity contribution in [1.29, 1.82) is 0 Å². The van der Waals surface area contributed by atoms with E-state index in [1.165, 1.54) is 17.5 Å². The van der Waals surface area contributed by atoms with Crippen LogP contribution in [0.25, 0.3) is 0 Å². The van der Waals surface area contributed by atoms with Crippen molar-refractivity contribution >= 4 is 23.2 Å². The Morgan fingerprint density at radius 3 is 2.83 bits per heavy atom. The summed E-state index contributed by atoms with van der Waals surface area (Å²) in [7, 11) is 0. The first kappa shape index (κ1) is 13.0. The van der Waals surface area contributed by atoms with Crippen molar-refractivity contribution in [3.8, 4) is 0 Å². The van der Waals surface area contributed by atoms with Crippen LogP contribution in [0.3, 0.4) is 0 Å². The molecule has 2 amide bonds. The molecule has 0 spiro atoms. The Morgan fingerprint density at radius 1 is 1.56 bits per heavy atom. The van der Waals surface area contributed by atoms with Crippen LogP contribution < -0.4 is 5.73 Å². The third-order valence-corrected chi connectivity index (χ3v) is 4.28. The van der Waals surface area contributed by atoms with Crippen molar-refractivity contribution < 1.29 is 9.59 Å². The number of hydrogen-bond donors (Lipinski definition) is 1. The van der Waals surface area contributed by atoms with Crippen LogP contribution >= 0.6 is 11.3 Å². The summed E-state index contributed by atoms with van der Waals surface area (Å²) in [6, 6.07) is 0. The van der Waals surface area contributed by atoms with Gasteiger partial charge in [0.15, 0.2) is 0 Å². The van der Waals surface area contributed by atoms with Gasteiger partial charge in [-0.25, -0.2) is 4.98 Å². The molecule has 0 radical (unpaired) electrons. The molecule has 5 nitrogen and oxygen atoms in total. The zero-order chi connectivity index (χ0) is 13.3. The third kappa shape index (κ3) is 2.53. The van der Waals surface area contributed by atoms with Gasteiger partial charge in [0, 0.05) is 24.9 Å². The molecular formula is C12H17N3O2S.